The van der Waals surface area contributed by atoms with Gasteiger partial charge in [-0.05, 0) is 64.4 Å². The minimum atomic E-state index is -4.39. The fraction of sp³-hybridized carbons (Fsp3) is 0.625. The van der Waals surface area contributed by atoms with Crippen molar-refractivity contribution in [3.05, 3.63) is 47.3 Å². The van der Waals surface area contributed by atoms with E-state index in [4.69, 9.17) is 9.47 Å². The minimum Gasteiger partial charge on any atom is -0.444 e. The number of benzene rings is 1. The van der Waals surface area contributed by atoms with E-state index >= 15 is 0 Å². The van der Waals surface area contributed by atoms with E-state index in [1.165, 1.54) is 12.1 Å². The summed E-state index contributed by atoms with van der Waals surface area (Å²) in [5.74, 6) is 0.333. The molecule has 0 saturated carbocycles. The van der Waals surface area contributed by atoms with Crippen molar-refractivity contribution in [1.29, 1.82) is 0 Å². The Morgan fingerprint density at radius 3 is 2.43 bits per heavy atom. The number of hydrogen-bond donors (Lipinski definition) is 1. The van der Waals surface area contributed by atoms with Crippen molar-refractivity contribution < 1.29 is 27.4 Å². The highest BCUT2D eigenvalue weighted by molar-refractivity contribution is 5.68. The highest BCUT2D eigenvalue weighted by Gasteiger charge is 2.40. The molecule has 0 bridgehead atoms. The second-order valence-electron chi connectivity index (χ2n) is 10.1. The number of carbonyl (C=O) groups is 1. The van der Waals surface area contributed by atoms with E-state index in [0.717, 1.165) is 43.8 Å². The number of carbonyl (C=O) groups excluding carboxylic acids is 1. The van der Waals surface area contributed by atoms with Crippen molar-refractivity contribution in [2.24, 2.45) is 0 Å². The Labute approximate surface area is 202 Å². The average Bonchev–Trinajstić information content (AvgIpc) is 3.44. The lowest BCUT2D eigenvalue weighted by molar-refractivity contribution is -0.137. The molecule has 1 aromatic carbocycles. The van der Waals surface area contributed by atoms with Gasteiger partial charge in [-0.15, -0.1) is 5.10 Å². The summed E-state index contributed by atoms with van der Waals surface area (Å²) in [5.41, 5.74) is 0.190. The van der Waals surface area contributed by atoms with Gasteiger partial charge in [-0.25, -0.2) is 9.48 Å². The molecule has 11 heteroatoms. The van der Waals surface area contributed by atoms with E-state index < -0.39 is 29.5 Å². The Bertz CT molecular complexity index is 997. The van der Waals surface area contributed by atoms with Gasteiger partial charge in [-0.3, -0.25) is 0 Å². The molecule has 35 heavy (non-hydrogen) atoms. The molecule has 0 radical (unpaired) electrons. The Morgan fingerprint density at radius 1 is 1.11 bits per heavy atom. The van der Waals surface area contributed by atoms with Crippen LogP contribution in [0.15, 0.2) is 30.5 Å². The van der Waals surface area contributed by atoms with Crippen LogP contribution in [0.2, 0.25) is 0 Å². The first-order valence-electron chi connectivity index (χ1n) is 11.9. The first-order valence-corrected chi connectivity index (χ1v) is 11.9. The Balaban J connectivity index is 1.48. The molecule has 1 N–H and O–H groups in total. The summed E-state index contributed by atoms with van der Waals surface area (Å²) in [6.07, 6.45) is -1.35. The molecule has 3 heterocycles. The van der Waals surface area contributed by atoms with Crippen LogP contribution in [-0.4, -0.2) is 63.9 Å². The van der Waals surface area contributed by atoms with Gasteiger partial charge in [-0.1, -0.05) is 17.3 Å². The average molecular weight is 496 g/mol. The number of nitrogens with one attached hydrogen (secondary N) is 1. The van der Waals surface area contributed by atoms with Gasteiger partial charge in [-0.2, -0.15) is 13.2 Å². The highest BCUT2D eigenvalue weighted by atomic mass is 19.4. The van der Waals surface area contributed by atoms with Crippen LogP contribution >= 0.6 is 0 Å². The maximum atomic E-state index is 12.9. The van der Waals surface area contributed by atoms with Crippen molar-refractivity contribution in [2.45, 2.75) is 70.1 Å². The molecule has 2 aliphatic heterocycles. The van der Waals surface area contributed by atoms with Crippen molar-refractivity contribution in [3.8, 4) is 0 Å². The SMILES string of the molecule is CC(C)(C)OC(=O)N1C[C@@H](n2cc(C3CCNCC3)nn2)[C@H](OCc2ccc(C(F)(F)F)cc2)C1. The van der Waals surface area contributed by atoms with Crippen LogP contribution in [0.1, 0.15) is 62.4 Å². The number of aromatic nitrogens is 3. The van der Waals surface area contributed by atoms with Gasteiger partial charge < -0.3 is 19.7 Å². The molecule has 2 aromatic rings. The number of ether oxygens (including phenoxy) is 2. The van der Waals surface area contributed by atoms with E-state index in [0.29, 0.717) is 18.0 Å². The predicted octanol–water partition coefficient (Wildman–Crippen LogP) is 4.14. The molecule has 2 saturated heterocycles. The third-order valence-corrected chi connectivity index (χ3v) is 6.26. The van der Waals surface area contributed by atoms with Gasteiger partial charge in [0.2, 0.25) is 0 Å². The fourth-order valence-electron chi connectivity index (χ4n) is 4.40. The molecule has 4 rings (SSSR count). The quantitative estimate of drug-likeness (QED) is 0.672. The summed E-state index contributed by atoms with van der Waals surface area (Å²) >= 11 is 0. The Kier molecular flexibility index (Phi) is 7.37. The smallest absolute Gasteiger partial charge is 0.416 e. The third kappa shape index (κ3) is 6.52. The Hall–Kier alpha value is -2.66. The summed E-state index contributed by atoms with van der Waals surface area (Å²) in [6.45, 7) is 8.01. The molecular weight excluding hydrogens is 463 g/mol. The van der Waals surface area contributed by atoms with E-state index in [1.807, 2.05) is 6.20 Å². The van der Waals surface area contributed by atoms with Gasteiger partial charge in [0.05, 0.1) is 36.6 Å². The topological polar surface area (TPSA) is 81.5 Å². The number of halogens is 3. The number of amides is 1. The fourth-order valence-corrected chi connectivity index (χ4v) is 4.40. The largest absolute Gasteiger partial charge is 0.444 e. The highest BCUT2D eigenvalue weighted by Crippen LogP contribution is 2.31. The normalized spacial score (nSPS) is 21.9. The molecule has 192 valence electrons. The maximum absolute atomic E-state index is 12.9. The van der Waals surface area contributed by atoms with E-state index in [1.54, 1.807) is 30.4 Å². The molecule has 0 spiro atoms. The van der Waals surface area contributed by atoms with Crippen LogP contribution in [0.5, 0.6) is 0 Å². The number of piperidine rings is 1. The zero-order chi connectivity index (χ0) is 25.2. The molecule has 0 unspecified atom stereocenters. The van der Waals surface area contributed by atoms with Crippen LogP contribution in [0, 0.1) is 0 Å². The van der Waals surface area contributed by atoms with E-state index in [9.17, 15) is 18.0 Å². The first-order chi connectivity index (χ1) is 16.5. The van der Waals surface area contributed by atoms with Gasteiger partial charge >= 0.3 is 12.3 Å². The van der Waals surface area contributed by atoms with Crippen molar-refractivity contribution in [1.82, 2.24) is 25.2 Å². The second-order valence-corrected chi connectivity index (χ2v) is 10.1. The Morgan fingerprint density at radius 2 is 1.80 bits per heavy atom. The molecular formula is C24H32F3N5O3. The summed E-state index contributed by atoms with van der Waals surface area (Å²) in [7, 11) is 0. The zero-order valence-corrected chi connectivity index (χ0v) is 20.2. The van der Waals surface area contributed by atoms with Crippen LogP contribution in [0.3, 0.4) is 0 Å². The predicted molar refractivity (Wildman–Crippen MR) is 122 cm³/mol. The standard InChI is InChI=1S/C24H32F3N5O3/c1-23(2,3)35-22(33)31-13-20(32-12-19(29-30-32)17-8-10-28-11-9-17)21(14-31)34-15-16-4-6-18(7-5-16)24(25,26)27/h4-7,12,17,20-21,28H,8-11,13-15H2,1-3H3/t20-,21-/m1/s1. The maximum Gasteiger partial charge on any atom is 0.416 e. The molecule has 8 nitrogen and oxygen atoms in total. The lowest BCUT2D eigenvalue weighted by atomic mass is 9.95. The number of nitrogens with zero attached hydrogens (tertiary/aromatic N) is 4. The van der Waals surface area contributed by atoms with Gasteiger partial charge in [0.25, 0.3) is 0 Å². The van der Waals surface area contributed by atoms with Crippen molar-refractivity contribution >= 4 is 6.09 Å². The van der Waals surface area contributed by atoms with E-state index in [2.05, 4.69) is 15.6 Å². The number of likely N-dealkylation sites (tertiary alicyclic amines) is 1. The molecule has 2 fully saturated rings. The van der Waals surface area contributed by atoms with Crippen LogP contribution in [0.25, 0.3) is 0 Å². The summed E-state index contributed by atoms with van der Waals surface area (Å²) in [4.78, 5) is 14.3. The third-order valence-electron chi connectivity index (χ3n) is 6.26. The minimum absolute atomic E-state index is 0.108. The van der Waals surface area contributed by atoms with Gasteiger partial charge in [0.1, 0.15) is 5.60 Å². The summed E-state index contributed by atoms with van der Waals surface area (Å²) in [5, 5.41) is 12.1. The molecule has 2 aliphatic rings. The monoisotopic (exact) mass is 495 g/mol. The number of rotatable bonds is 5. The lowest BCUT2D eigenvalue weighted by Crippen LogP contribution is -2.36. The van der Waals surface area contributed by atoms with Crippen molar-refractivity contribution in [2.75, 3.05) is 26.2 Å². The van der Waals surface area contributed by atoms with Gasteiger partial charge in [0.15, 0.2) is 0 Å². The molecule has 1 aromatic heterocycles. The summed E-state index contributed by atoms with van der Waals surface area (Å²) in [6, 6.07) is 4.60. The van der Waals surface area contributed by atoms with Gasteiger partial charge in [0, 0.05) is 18.7 Å². The number of alkyl halides is 3. The zero-order valence-electron chi connectivity index (χ0n) is 20.2. The molecule has 0 aliphatic carbocycles. The van der Waals surface area contributed by atoms with E-state index in [-0.39, 0.29) is 19.2 Å². The van der Waals surface area contributed by atoms with Crippen LogP contribution in [0.4, 0.5) is 18.0 Å². The molecule has 2 atom stereocenters. The molecule has 1 amide bonds. The summed E-state index contributed by atoms with van der Waals surface area (Å²) < 4.78 is 52.0. The van der Waals surface area contributed by atoms with Crippen LogP contribution in [-0.2, 0) is 22.3 Å². The second kappa shape index (κ2) is 10.1. The van der Waals surface area contributed by atoms with Crippen molar-refractivity contribution in [3.63, 3.8) is 0 Å². The first kappa shape index (κ1) is 25.4. The van der Waals surface area contributed by atoms with Crippen LogP contribution < -0.4 is 5.32 Å². The lowest BCUT2D eigenvalue weighted by Gasteiger charge is -2.24. The number of hydrogen-bond acceptors (Lipinski definition) is 6.